The molecule has 0 radical (unpaired) electrons. The van der Waals surface area contributed by atoms with Crippen molar-refractivity contribution in [3.8, 4) is 0 Å². The van der Waals surface area contributed by atoms with E-state index in [-0.39, 0.29) is 25.2 Å². The number of carbonyl (C=O) groups excluding carboxylic acids is 4. The van der Waals surface area contributed by atoms with Gasteiger partial charge in [-0.15, -0.1) is 0 Å². The number of nitrogens with zero attached hydrogens (tertiary/aromatic N) is 2. The summed E-state index contributed by atoms with van der Waals surface area (Å²) in [5.74, 6) is -3.50. The molecular formula is C26H24ClN3O8. The lowest BCUT2D eigenvalue weighted by Gasteiger charge is -2.16. The zero-order valence-corrected chi connectivity index (χ0v) is 21.1. The molecule has 0 amide bonds. The van der Waals surface area contributed by atoms with Crippen LogP contribution in [0, 0.1) is 0 Å². The lowest BCUT2D eigenvalue weighted by atomic mass is 10.1. The van der Waals surface area contributed by atoms with Crippen LogP contribution in [0.1, 0.15) is 39.1 Å². The molecule has 2 aromatic carbocycles. The SMILES string of the molecule is COC(=O)Cn1c(=O)c(C(=O)COC(=O)CCC(=O)c2ccc(Cl)cc2)c(N)n(Cc2ccccc2)c1=O. The molecule has 198 valence electrons. The summed E-state index contributed by atoms with van der Waals surface area (Å²) in [6.07, 6.45) is -0.491. The van der Waals surface area contributed by atoms with Crippen LogP contribution in [-0.2, 0) is 32.2 Å². The van der Waals surface area contributed by atoms with Gasteiger partial charge in [-0.2, -0.15) is 0 Å². The fraction of sp³-hybridized carbons (Fsp3) is 0.231. The fourth-order valence-corrected chi connectivity index (χ4v) is 3.64. The van der Waals surface area contributed by atoms with Crippen LogP contribution in [0.15, 0.2) is 64.2 Å². The van der Waals surface area contributed by atoms with Gasteiger partial charge in [0, 0.05) is 17.0 Å². The van der Waals surface area contributed by atoms with Crippen LogP contribution in [0.3, 0.4) is 0 Å². The Kier molecular flexibility index (Phi) is 9.33. The van der Waals surface area contributed by atoms with Gasteiger partial charge in [-0.05, 0) is 29.8 Å². The average molecular weight is 542 g/mol. The van der Waals surface area contributed by atoms with E-state index in [1.807, 2.05) is 0 Å². The summed E-state index contributed by atoms with van der Waals surface area (Å²) in [6.45, 7) is -1.72. The maximum absolute atomic E-state index is 13.0. The molecule has 0 bridgehead atoms. The van der Waals surface area contributed by atoms with Crippen molar-refractivity contribution in [1.82, 2.24) is 9.13 Å². The summed E-state index contributed by atoms with van der Waals surface area (Å²) in [4.78, 5) is 75.2. The Morgan fingerprint density at radius 1 is 0.868 bits per heavy atom. The zero-order chi connectivity index (χ0) is 27.8. The average Bonchev–Trinajstić information content (AvgIpc) is 2.91. The van der Waals surface area contributed by atoms with E-state index in [0.717, 1.165) is 11.7 Å². The number of carbonyl (C=O) groups is 4. The number of halogens is 1. The van der Waals surface area contributed by atoms with Gasteiger partial charge in [0.1, 0.15) is 17.9 Å². The van der Waals surface area contributed by atoms with Gasteiger partial charge in [-0.25, -0.2) is 9.36 Å². The fourth-order valence-electron chi connectivity index (χ4n) is 3.52. The first-order chi connectivity index (χ1) is 18.1. The summed E-state index contributed by atoms with van der Waals surface area (Å²) in [6, 6.07) is 14.7. The number of hydrogen-bond donors (Lipinski definition) is 1. The van der Waals surface area contributed by atoms with Crippen molar-refractivity contribution in [3.63, 3.8) is 0 Å². The van der Waals surface area contributed by atoms with Crippen LogP contribution in [0.2, 0.25) is 5.02 Å². The van der Waals surface area contributed by atoms with Crippen LogP contribution in [0.5, 0.6) is 0 Å². The van der Waals surface area contributed by atoms with E-state index in [1.165, 1.54) is 12.1 Å². The van der Waals surface area contributed by atoms with Gasteiger partial charge >= 0.3 is 17.6 Å². The van der Waals surface area contributed by atoms with E-state index in [1.54, 1.807) is 42.5 Å². The molecule has 0 atom stereocenters. The number of rotatable bonds is 11. The van der Waals surface area contributed by atoms with Gasteiger partial charge in [0.25, 0.3) is 5.56 Å². The monoisotopic (exact) mass is 541 g/mol. The number of ether oxygens (including phenoxy) is 2. The Hall–Kier alpha value is -4.51. The van der Waals surface area contributed by atoms with E-state index >= 15 is 0 Å². The predicted molar refractivity (Wildman–Crippen MR) is 137 cm³/mol. The summed E-state index contributed by atoms with van der Waals surface area (Å²) >= 11 is 5.80. The topological polar surface area (TPSA) is 157 Å². The summed E-state index contributed by atoms with van der Waals surface area (Å²) in [5, 5.41) is 0.458. The largest absolute Gasteiger partial charge is 0.468 e. The molecule has 0 aliphatic carbocycles. The second-order valence-electron chi connectivity index (χ2n) is 8.10. The molecule has 0 aliphatic rings. The number of aromatic nitrogens is 2. The molecule has 12 heteroatoms. The normalized spacial score (nSPS) is 10.6. The number of hydrogen-bond acceptors (Lipinski definition) is 9. The molecule has 0 fully saturated rings. The summed E-state index contributed by atoms with van der Waals surface area (Å²) in [5.41, 5.74) is 4.40. The molecule has 3 aromatic rings. The molecule has 3 rings (SSSR count). The minimum absolute atomic E-state index is 0.0974. The van der Waals surface area contributed by atoms with Gasteiger partial charge < -0.3 is 15.2 Å². The smallest absolute Gasteiger partial charge is 0.333 e. The van der Waals surface area contributed by atoms with E-state index in [4.69, 9.17) is 22.1 Å². The van der Waals surface area contributed by atoms with Gasteiger partial charge in [-0.3, -0.25) is 28.5 Å². The van der Waals surface area contributed by atoms with Crippen molar-refractivity contribution in [2.45, 2.75) is 25.9 Å². The Labute approximate surface area is 221 Å². The summed E-state index contributed by atoms with van der Waals surface area (Å²) in [7, 11) is 1.08. The van der Waals surface area contributed by atoms with E-state index < -0.39 is 53.5 Å². The van der Waals surface area contributed by atoms with Gasteiger partial charge in [0.2, 0.25) is 5.78 Å². The minimum Gasteiger partial charge on any atom is -0.468 e. The number of methoxy groups -OCH3 is 1. The quantitative estimate of drug-likeness (QED) is 0.282. The Bertz CT molecular complexity index is 1480. The maximum atomic E-state index is 13.0. The van der Waals surface area contributed by atoms with Gasteiger partial charge in [0.15, 0.2) is 12.4 Å². The number of ketones is 2. The summed E-state index contributed by atoms with van der Waals surface area (Å²) < 4.78 is 11.0. The third-order valence-electron chi connectivity index (χ3n) is 5.53. The van der Waals surface area contributed by atoms with Gasteiger partial charge in [-0.1, -0.05) is 41.9 Å². The van der Waals surface area contributed by atoms with Crippen LogP contribution in [0.4, 0.5) is 5.82 Å². The molecule has 0 saturated carbocycles. The standard InChI is InChI=1S/C26H24ClN3O8/c1-37-22(34)14-30-25(35)23(24(28)29(26(30)36)13-16-5-3-2-4-6-16)20(32)15-38-21(33)12-11-19(31)17-7-9-18(27)10-8-17/h2-10H,11-15,28H2,1H3. The van der Waals surface area contributed by atoms with E-state index in [0.29, 0.717) is 20.7 Å². The van der Waals surface area contributed by atoms with Gasteiger partial charge in [0.05, 0.1) is 20.1 Å². The molecule has 1 heterocycles. The van der Waals surface area contributed by atoms with Crippen molar-refractivity contribution in [2.24, 2.45) is 0 Å². The third kappa shape index (κ3) is 6.83. The van der Waals surface area contributed by atoms with E-state index in [9.17, 15) is 28.8 Å². The maximum Gasteiger partial charge on any atom is 0.333 e. The lowest BCUT2D eigenvalue weighted by Crippen LogP contribution is -2.46. The van der Waals surface area contributed by atoms with Crippen molar-refractivity contribution in [3.05, 3.63) is 97.1 Å². The molecule has 0 saturated heterocycles. The third-order valence-corrected chi connectivity index (χ3v) is 5.78. The van der Waals surface area contributed by atoms with E-state index in [2.05, 4.69) is 4.74 Å². The Morgan fingerprint density at radius 2 is 1.53 bits per heavy atom. The number of esters is 2. The molecule has 38 heavy (non-hydrogen) atoms. The number of nitrogen functional groups attached to an aromatic ring is 1. The molecule has 2 N–H and O–H groups in total. The number of Topliss-reactive ketones (excluding diaryl/α,β-unsaturated/α-hetero) is 2. The zero-order valence-electron chi connectivity index (χ0n) is 20.3. The van der Waals surface area contributed by atoms with Crippen molar-refractivity contribution in [2.75, 3.05) is 19.5 Å². The van der Waals surface area contributed by atoms with Crippen molar-refractivity contribution < 1.29 is 28.7 Å². The first-order valence-electron chi connectivity index (χ1n) is 11.3. The minimum atomic E-state index is -1.12. The highest BCUT2D eigenvalue weighted by Gasteiger charge is 2.25. The van der Waals surface area contributed by atoms with Crippen molar-refractivity contribution >= 4 is 40.9 Å². The second-order valence-corrected chi connectivity index (χ2v) is 8.53. The molecule has 1 aromatic heterocycles. The van der Waals surface area contributed by atoms with Crippen LogP contribution in [-0.4, -0.2) is 46.4 Å². The highest BCUT2D eigenvalue weighted by Crippen LogP contribution is 2.13. The van der Waals surface area contributed by atoms with Crippen LogP contribution in [0.25, 0.3) is 0 Å². The first-order valence-corrected chi connectivity index (χ1v) is 11.7. The number of nitrogens with two attached hydrogens (primary N) is 1. The lowest BCUT2D eigenvalue weighted by molar-refractivity contribution is -0.142. The Morgan fingerprint density at radius 3 is 2.16 bits per heavy atom. The molecule has 0 aliphatic heterocycles. The molecule has 11 nitrogen and oxygen atoms in total. The highest BCUT2D eigenvalue weighted by molar-refractivity contribution is 6.30. The second kappa shape index (κ2) is 12.6. The van der Waals surface area contributed by atoms with Crippen LogP contribution < -0.4 is 17.0 Å². The van der Waals surface area contributed by atoms with Crippen LogP contribution >= 0.6 is 11.6 Å². The molecule has 0 spiro atoms. The first kappa shape index (κ1) is 28.1. The predicted octanol–water partition coefficient (Wildman–Crippen LogP) is 1.86. The number of anilines is 1. The highest BCUT2D eigenvalue weighted by atomic mass is 35.5. The molecule has 0 unspecified atom stereocenters. The molecular weight excluding hydrogens is 518 g/mol. The van der Waals surface area contributed by atoms with Crippen molar-refractivity contribution in [1.29, 1.82) is 0 Å². The number of benzene rings is 2. The Balaban J connectivity index is 1.80.